The maximum absolute atomic E-state index is 14.3. The molecule has 1 aliphatic carbocycles. The highest BCUT2D eigenvalue weighted by molar-refractivity contribution is 6.33. The van der Waals surface area contributed by atoms with Crippen molar-refractivity contribution in [2.75, 3.05) is 18.2 Å². The maximum Gasteiger partial charge on any atom is 0.307 e. The number of pyridine rings is 1. The normalized spacial score (nSPS) is 14.9. The number of carbonyl (C=O) groups excluding carboxylic acids is 3. The fraction of sp³-hybridized carbons (Fsp3) is 0.333. The number of esters is 1. The van der Waals surface area contributed by atoms with Crippen LogP contribution in [0.3, 0.4) is 0 Å². The summed E-state index contributed by atoms with van der Waals surface area (Å²) in [5, 5.41) is 5.17. The third kappa shape index (κ3) is 4.75. The summed E-state index contributed by atoms with van der Waals surface area (Å²) in [5.41, 5.74) is 3.66. The molecule has 1 fully saturated rings. The van der Waals surface area contributed by atoms with Crippen LogP contribution in [0.5, 0.6) is 0 Å². The Bertz CT molecular complexity index is 1150. The predicted molar refractivity (Wildman–Crippen MR) is 116 cm³/mol. The van der Waals surface area contributed by atoms with Crippen molar-refractivity contribution in [2.24, 2.45) is 0 Å². The number of hydrogen-bond donors (Lipinski definition) is 3. The molecule has 1 aliphatic rings. The van der Waals surface area contributed by atoms with Crippen LogP contribution in [0.2, 0.25) is 5.02 Å². The Hall–Kier alpha value is -3.40. The molecule has 0 aliphatic heterocycles. The van der Waals surface area contributed by atoms with Gasteiger partial charge < -0.3 is 21.1 Å². The van der Waals surface area contributed by atoms with Crippen LogP contribution in [0.15, 0.2) is 35.3 Å². The molecule has 9 nitrogen and oxygen atoms in total. The number of anilines is 2. The van der Waals surface area contributed by atoms with Crippen molar-refractivity contribution in [1.29, 1.82) is 0 Å². The number of methoxy groups -OCH3 is 1. The van der Waals surface area contributed by atoms with E-state index < -0.39 is 40.7 Å². The van der Waals surface area contributed by atoms with E-state index in [1.165, 1.54) is 25.3 Å². The van der Waals surface area contributed by atoms with Crippen molar-refractivity contribution in [3.63, 3.8) is 0 Å². The molecule has 0 radical (unpaired) electrons. The lowest BCUT2D eigenvalue weighted by Gasteiger charge is -2.22. The van der Waals surface area contributed by atoms with Crippen molar-refractivity contribution >= 4 is 40.8 Å². The standard InChI is InChI=1S/C21H22ClFN4O5/c1-11(7-17(28)32-2)25-20(31)21(5-6-21)27-10-13(23)9-16(19(27)30)26-18(29)12-3-4-15(24)14(22)8-12/h3-4,8-11H,5-7,24H2,1-2H3,(H,25,31)(H,26,29). The quantitative estimate of drug-likeness (QED) is 0.424. The second-order valence-corrected chi connectivity index (χ2v) is 8.03. The zero-order chi connectivity index (χ0) is 23.6. The first-order chi connectivity index (χ1) is 15.1. The van der Waals surface area contributed by atoms with Gasteiger partial charge in [0.15, 0.2) is 0 Å². The number of rotatable bonds is 7. The van der Waals surface area contributed by atoms with Gasteiger partial charge in [-0.25, -0.2) is 4.39 Å². The highest BCUT2D eigenvalue weighted by Gasteiger charge is 2.53. The monoisotopic (exact) mass is 464 g/mol. The van der Waals surface area contributed by atoms with Gasteiger partial charge in [0.05, 0.1) is 24.2 Å². The van der Waals surface area contributed by atoms with E-state index in [9.17, 15) is 23.6 Å². The number of amides is 2. The zero-order valence-corrected chi connectivity index (χ0v) is 18.2. The van der Waals surface area contributed by atoms with Gasteiger partial charge in [0.2, 0.25) is 5.91 Å². The number of nitrogens with two attached hydrogens (primary N) is 1. The molecular weight excluding hydrogens is 443 g/mol. The van der Waals surface area contributed by atoms with E-state index in [-0.39, 0.29) is 28.4 Å². The van der Waals surface area contributed by atoms with Crippen molar-refractivity contribution in [1.82, 2.24) is 9.88 Å². The molecule has 0 saturated heterocycles. The number of halogens is 2. The Labute approximate surface area is 187 Å². The Balaban J connectivity index is 1.85. The first kappa shape index (κ1) is 23.3. The fourth-order valence-corrected chi connectivity index (χ4v) is 3.44. The van der Waals surface area contributed by atoms with E-state index in [4.69, 9.17) is 17.3 Å². The molecule has 1 atom stereocenters. The first-order valence-electron chi connectivity index (χ1n) is 9.74. The van der Waals surface area contributed by atoms with Gasteiger partial charge in [-0.05, 0) is 38.0 Å². The number of nitrogens with one attached hydrogen (secondary N) is 2. The summed E-state index contributed by atoms with van der Waals surface area (Å²) in [6, 6.07) is 4.49. The minimum Gasteiger partial charge on any atom is -0.469 e. The molecule has 1 aromatic carbocycles. The maximum atomic E-state index is 14.3. The zero-order valence-electron chi connectivity index (χ0n) is 17.4. The largest absolute Gasteiger partial charge is 0.469 e. The van der Waals surface area contributed by atoms with Crippen LogP contribution >= 0.6 is 11.6 Å². The second-order valence-electron chi connectivity index (χ2n) is 7.62. The van der Waals surface area contributed by atoms with Gasteiger partial charge in [-0.2, -0.15) is 0 Å². The number of benzene rings is 1. The van der Waals surface area contributed by atoms with E-state index in [1.807, 2.05) is 0 Å². The minimum absolute atomic E-state index is 0.0537. The summed E-state index contributed by atoms with van der Waals surface area (Å²) in [4.78, 5) is 49.8. The lowest BCUT2D eigenvalue weighted by molar-refractivity contribution is -0.141. The van der Waals surface area contributed by atoms with Gasteiger partial charge in [0, 0.05) is 23.9 Å². The molecule has 0 bridgehead atoms. The molecule has 1 unspecified atom stereocenters. The van der Waals surface area contributed by atoms with E-state index in [0.29, 0.717) is 12.8 Å². The lowest BCUT2D eigenvalue weighted by Crippen LogP contribution is -2.47. The SMILES string of the molecule is COC(=O)CC(C)NC(=O)C1(n2cc(F)cc(NC(=O)c3ccc(N)c(Cl)c3)c2=O)CC1. The fourth-order valence-electron chi connectivity index (χ4n) is 3.26. The summed E-state index contributed by atoms with van der Waals surface area (Å²) >= 11 is 5.92. The summed E-state index contributed by atoms with van der Waals surface area (Å²) in [6.45, 7) is 1.61. The molecular formula is C21H22ClFN4O5. The summed E-state index contributed by atoms with van der Waals surface area (Å²) in [7, 11) is 1.24. The van der Waals surface area contributed by atoms with Gasteiger partial charge in [0.25, 0.3) is 11.5 Å². The minimum atomic E-state index is -1.30. The van der Waals surface area contributed by atoms with Gasteiger partial charge in [0.1, 0.15) is 17.0 Å². The number of hydrogen-bond acceptors (Lipinski definition) is 6. The molecule has 3 rings (SSSR count). The molecule has 32 heavy (non-hydrogen) atoms. The van der Waals surface area contributed by atoms with Crippen LogP contribution in [0.4, 0.5) is 15.8 Å². The van der Waals surface area contributed by atoms with Crippen LogP contribution in [0, 0.1) is 5.82 Å². The van der Waals surface area contributed by atoms with Crippen LogP contribution in [-0.2, 0) is 19.9 Å². The van der Waals surface area contributed by atoms with E-state index >= 15 is 0 Å². The van der Waals surface area contributed by atoms with E-state index in [0.717, 1.165) is 16.8 Å². The topological polar surface area (TPSA) is 133 Å². The Morgan fingerprint density at radius 1 is 1.31 bits per heavy atom. The summed E-state index contributed by atoms with van der Waals surface area (Å²) in [5.74, 6) is -2.53. The average molecular weight is 465 g/mol. The highest BCUT2D eigenvalue weighted by atomic mass is 35.5. The number of nitrogens with zero attached hydrogens (tertiary/aromatic N) is 1. The van der Waals surface area contributed by atoms with E-state index in [2.05, 4.69) is 15.4 Å². The Morgan fingerprint density at radius 2 is 2.00 bits per heavy atom. The van der Waals surface area contributed by atoms with Crippen LogP contribution < -0.4 is 21.9 Å². The first-order valence-corrected chi connectivity index (χ1v) is 10.1. The average Bonchev–Trinajstić information content (AvgIpc) is 3.54. The van der Waals surface area contributed by atoms with Crippen molar-refractivity contribution in [3.05, 3.63) is 57.2 Å². The predicted octanol–water partition coefficient (Wildman–Crippen LogP) is 2.03. The number of aromatic nitrogens is 1. The number of carbonyl (C=O) groups is 3. The van der Waals surface area contributed by atoms with E-state index in [1.54, 1.807) is 6.92 Å². The van der Waals surface area contributed by atoms with Gasteiger partial charge in [-0.1, -0.05) is 11.6 Å². The molecule has 4 N–H and O–H groups in total. The molecule has 170 valence electrons. The third-order valence-corrected chi connectivity index (χ3v) is 5.51. The van der Waals surface area contributed by atoms with Crippen molar-refractivity contribution < 1.29 is 23.5 Å². The molecule has 2 amide bonds. The van der Waals surface area contributed by atoms with Gasteiger partial charge in [-0.3, -0.25) is 23.7 Å². The van der Waals surface area contributed by atoms with Crippen LogP contribution in [-0.4, -0.2) is 35.5 Å². The van der Waals surface area contributed by atoms with Crippen molar-refractivity contribution in [2.45, 2.75) is 37.8 Å². The second kappa shape index (κ2) is 8.99. The molecule has 2 aromatic rings. The number of nitrogen functional groups attached to an aromatic ring is 1. The Morgan fingerprint density at radius 3 is 2.59 bits per heavy atom. The van der Waals surface area contributed by atoms with Crippen LogP contribution in [0.25, 0.3) is 0 Å². The number of ether oxygens (including phenoxy) is 1. The van der Waals surface area contributed by atoms with Gasteiger partial charge >= 0.3 is 5.97 Å². The molecule has 11 heteroatoms. The van der Waals surface area contributed by atoms with Crippen molar-refractivity contribution in [3.8, 4) is 0 Å². The smallest absolute Gasteiger partial charge is 0.307 e. The summed E-state index contributed by atoms with van der Waals surface area (Å²) < 4.78 is 19.9. The highest BCUT2D eigenvalue weighted by Crippen LogP contribution is 2.43. The molecule has 1 saturated carbocycles. The Kier molecular flexibility index (Phi) is 6.54. The van der Waals surface area contributed by atoms with Gasteiger partial charge in [-0.15, -0.1) is 0 Å². The molecule has 0 spiro atoms. The molecule has 1 aromatic heterocycles. The lowest BCUT2D eigenvalue weighted by atomic mass is 10.1. The van der Waals surface area contributed by atoms with Crippen LogP contribution in [0.1, 0.15) is 36.5 Å². The summed E-state index contributed by atoms with van der Waals surface area (Å²) in [6.07, 6.45) is 1.47. The molecule has 1 heterocycles. The third-order valence-electron chi connectivity index (χ3n) is 5.18.